The first-order chi connectivity index (χ1) is 15.2. The van der Waals surface area contributed by atoms with Gasteiger partial charge in [0.1, 0.15) is 0 Å². The predicted octanol–water partition coefficient (Wildman–Crippen LogP) is 3.26. The van der Waals surface area contributed by atoms with Gasteiger partial charge in [0.25, 0.3) is 0 Å². The molecular weight excluding hydrogens is 392 g/mol. The molecule has 2 aliphatic rings. The van der Waals surface area contributed by atoms with Gasteiger partial charge < -0.3 is 15.1 Å². The van der Waals surface area contributed by atoms with E-state index in [1.807, 2.05) is 24.3 Å². The first-order valence-corrected chi connectivity index (χ1v) is 11.1. The van der Waals surface area contributed by atoms with Gasteiger partial charge in [-0.15, -0.1) is 0 Å². The molecule has 0 spiro atoms. The van der Waals surface area contributed by atoms with Gasteiger partial charge in [0, 0.05) is 38.8 Å². The molecule has 0 saturated carbocycles. The zero-order chi connectivity index (χ0) is 21.5. The van der Waals surface area contributed by atoms with Crippen molar-refractivity contribution in [1.82, 2.24) is 15.0 Å². The van der Waals surface area contributed by atoms with E-state index in [1.165, 1.54) is 45.4 Å². The van der Waals surface area contributed by atoms with Crippen molar-refractivity contribution in [2.24, 2.45) is 5.10 Å². The average molecular weight is 423 g/mol. The van der Waals surface area contributed by atoms with Crippen molar-refractivity contribution in [2.75, 3.05) is 46.7 Å². The number of aromatic nitrogens is 3. The first-order valence-electron chi connectivity index (χ1n) is 11.1. The Morgan fingerprint density at radius 2 is 1.42 bits per heavy atom. The smallest absolute Gasteiger partial charge is 0.250 e. The molecule has 2 aliphatic heterocycles. The van der Waals surface area contributed by atoms with Crippen LogP contribution in [-0.2, 0) is 4.79 Å². The lowest BCUT2D eigenvalue weighted by Gasteiger charge is -2.30. The lowest BCUT2D eigenvalue weighted by molar-refractivity contribution is -0.114. The van der Waals surface area contributed by atoms with Crippen molar-refractivity contribution in [2.45, 2.75) is 45.4 Å². The Morgan fingerprint density at radius 3 is 1.94 bits per heavy atom. The normalized spacial score (nSPS) is 17.1. The number of hydrogen-bond donors (Lipinski definition) is 2. The monoisotopic (exact) mass is 422 g/mol. The molecule has 164 valence electrons. The Kier molecular flexibility index (Phi) is 6.91. The minimum atomic E-state index is -0.0908. The summed E-state index contributed by atoms with van der Waals surface area (Å²) >= 11 is 0. The number of rotatable bonds is 6. The third-order valence-corrected chi connectivity index (χ3v) is 5.50. The second kappa shape index (κ2) is 10.2. The van der Waals surface area contributed by atoms with Crippen LogP contribution in [0.3, 0.4) is 0 Å². The highest BCUT2D eigenvalue weighted by Crippen LogP contribution is 2.22. The van der Waals surface area contributed by atoms with Crippen LogP contribution in [0.5, 0.6) is 0 Å². The topological polar surface area (TPSA) is 98.6 Å². The fraction of sp³-hybridized carbons (Fsp3) is 0.500. The summed E-state index contributed by atoms with van der Waals surface area (Å²) < 4.78 is 0. The van der Waals surface area contributed by atoms with E-state index in [0.717, 1.165) is 49.3 Å². The van der Waals surface area contributed by atoms with Gasteiger partial charge >= 0.3 is 0 Å². The summed E-state index contributed by atoms with van der Waals surface area (Å²) in [5.41, 5.74) is 4.65. The highest BCUT2D eigenvalue weighted by molar-refractivity contribution is 5.89. The van der Waals surface area contributed by atoms with E-state index in [9.17, 15) is 4.79 Å². The first kappa shape index (κ1) is 21.0. The molecule has 1 aromatic heterocycles. The lowest BCUT2D eigenvalue weighted by atomic mass is 10.1. The number of anilines is 4. The van der Waals surface area contributed by atoms with Crippen LogP contribution in [0, 0.1) is 0 Å². The molecule has 9 heteroatoms. The molecule has 4 rings (SSSR count). The van der Waals surface area contributed by atoms with Crippen LogP contribution in [0.15, 0.2) is 29.4 Å². The van der Waals surface area contributed by atoms with Crippen molar-refractivity contribution >= 4 is 35.7 Å². The highest BCUT2D eigenvalue weighted by Gasteiger charge is 2.20. The highest BCUT2D eigenvalue weighted by atomic mass is 16.1. The van der Waals surface area contributed by atoms with Gasteiger partial charge in [0.05, 0.1) is 6.21 Å². The summed E-state index contributed by atoms with van der Waals surface area (Å²) in [4.78, 5) is 29.7. The number of nitrogens with zero attached hydrogens (tertiary/aromatic N) is 6. The Morgan fingerprint density at radius 1 is 0.871 bits per heavy atom. The minimum absolute atomic E-state index is 0.0908. The van der Waals surface area contributed by atoms with Crippen molar-refractivity contribution in [1.29, 1.82) is 0 Å². The van der Waals surface area contributed by atoms with Crippen LogP contribution in [0.1, 0.15) is 51.0 Å². The molecular formula is C22H30N8O. The van der Waals surface area contributed by atoms with Crippen LogP contribution in [0.4, 0.5) is 23.5 Å². The fourth-order valence-electron chi connectivity index (χ4n) is 3.89. The second-order valence-corrected chi connectivity index (χ2v) is 8.03. The second-order valence-electron chi connectivity index (χ2n) is 8.03. The third kappa shape index (κ3) is 5.90. The van der Waals surface area contributed by atoms with E-state index < -0.39 is 0 Å². The van der Waals surface area contributed by atoms with E-state index in [4.69, 9.17) is 4.98 Å². The number of hydrogen-bond acceptors (Lipinski definition) is 8. The number of benzene rings is 1. The average Bonchev–Trinajstić information content (AvgIpc) is 2.81. The molecule has 2 fully saturated rings. The van der Waals surface area contributed by atoms with Gasteiger partial charge in [-0.3, -0.25) is 4.79 Å². The van der Waals surface area contributed by atoms with Gasteiger partial charge in [-0.25, -0.2) is 5.43 Å². The standard InChI is InChI=1S/C22H30N8O/c1-17(31)24-19-10-8-18(9-11-19)16-23-28-20-25-21(29-12-4-2-5-13-29)27-22(26-20)30-14-6-3-7-15-30/h8-11,16H,2-7,12-15H2,1H3,(H,24,31)(H,25,26,27,28). The molecule has 1 amide bonds. The SMILES string of the molecule is CC(=O)Nc1ccc(C=NNc2nc(N3CCCCC3)nc(N3CCCCC3)n2)cc1. The number of nitrogens with one attached hydrogen (secondary N) is 2. The number of carbonyl (C=O) groups is 1. The maximum absolute atomic E-state index is 11.1. The molecule has 2 N–H and O–H groups in total. The van der Waals surface area contributed by atoms with Crippen molar-refractivity contribution in [3.63, 3.8) is 0 Å². The molecule has 0 bridgehead atoms. The minimum Gasteiger partial charge on any atom is -0.341 e. The van der Waals surface area contributed by atoms with Crippen LogP contribution in [-0.4, -0.2) is 53.3 Å². The molecule has 9 nitrogen and oxygen atoms in total. The van der Waals surface area contributed by atoms with Crippen molar-refractivity contribution in [3.8, 4) is 0 Å². The van der Waals surface area contributed by atoms with E-state index in [2.05, 4.69) is 35.6 Å². The predicted molar refractivity (Wildman–Crippen MR) is 124 cm³/mol. The van der Waals surface area contributed by atoms with Gasteiger partial charge in [0.2, 0.25) is 23.8 Å². The maximum atomic E-state index is 11.1. The van der Waals surface area contributed by atoms with E-state index in [-0.39, 0.29) is 5.91 Å². The van der Waals surface area contributed by atoms with E-state index in [0.29, 0.717) is 5.95 Å². The third-order valence-electron chi connectivity index (χ3n) is 5.50. The van der Waals surface area contributed by atoms with Crippen LogP contribution < -0.4 is 20.5 Å². The van der Waals surface area contributed by atoms with Gasteiger partial charge in [0.15, 0.2) is 0 Å². The molecule has 2 aromatic rings. The lowest BCUT2D eigenvalue weighted by Crippen LogP contribution is -2.34. The summed E-state index contributed by atoms with van der Waals surface area (Å²) in [6.45, 7) is 5.41. The quantitative estimate of drug-likeness (QED) is 0.544. The molecule has 0 aliphatic carbocycles. The summed E-state index contributed by atoms with van der Waals surface area (Å²) in [6.07, 6.45) is 8.90. The molecule has 0 unspecified atom stereocenters. The Bertz CT molecular complexity index is 866. The van der Waals surface area contributed by atoms with E-state index >= 15 is 0 Å². The number of hydrazone groups is 1. The maximum Gasteiger partial charge on any atom is 0.250 e. The number of carbonyl (C=O) groups excluding carboxylic acids is 1. The largest absolute Gasteiger partial charge is 0.341 e. The molecule has 2 saturated heterocycles. The molecule has 0 radical (unpaired) electrons. The Hall–Kier alpha value is -3.23. The Labute approximate surface area is 183 Å². The molecule has 3 heterocycles. The number of amides is 1. The van der Waals surface area contributed by atoms with Gasteiger partial charge in [-0.05, 0) is 56.2 Å². The van der Waals surface area contributed by atoms with Crippen LogP contribution in [0.25, 0.3) is 0 Å². The molecule has 31 heavy (non-hydrogen) atoms. The van der Waals surface area contributed by atoms with Gasteiger partial charge in [-0.1, -0.05) is 12.1 Å². The summed E-state index contributed by atoms with van der Waals surface area (Å²) in [5, 5.41) is 7.08. The van der Waals surface area contributed by atoms with Crippen LogP contribution in [0.2, 0.25) is 0 Å². The summed E-state index contributed by atoms with van der Waals surface area (Å²) in [7, 11) is 0. The van der Waals surface area contributed by atoms with Gasteiger partial charge in [-0.2, -0.15) is 20.1 Å². The fourth-order valence-corrected chi connectivity index (χ4v) is 3.89. The van der Waals surface area contributed by atoms with E-state index in [1.54, 1.807) is 6.21 Å². The number of piperidine rings is 2. The van der Waals surface area contributed by atoms with Crippen LogP contribution >= 0.6 is 0 Å². The summed E-state index contributed by atoms with van der Waals surface area (Å²) in [5.74, 6) is 1.83. The Balaban J connectivity index is 1.49. The zero-order valence-electron chi connectivity index (χ0n) is 18.0. The zero-order valence-corrected chi connectivity index (χ0v) is 18.0. The summed E-state index contributed by atoms with van der Waals surface area (Å²) in [6, 6.07) is 7.47. The molecule has 1 aromatic carbocycles. The molecule has 0 atom stereocenters. The van der Waals surface area contributed by atoms with Crippen molar-refractivity contribution < 1.29 is 4.79 Å². The van der Waals surface area contributed by atoms with Crippen molar-refractivity contribution in [3.05, 3.63) is 29.8 Å².